The van der Waals surface area contributed by atoms with E-state index in [1.165, 1.54) is 5.56 Å². The van der Waals surface area contributed by atoms with Crippen molar-refractivity contribution in [2.75, 3.05) is 20.1 Å². The van der Waals surface area contributed by atoms with E-state index < -0.39 is 0 Å². The van der Waals surface area contributed by atoms with Crippen molar-refractivity contribution in [3.8, 4) is 0 Å². The lowest BCUT2D eigenvalue weighted by Crippen LogP contribution is -2.37. The van der Waals surface area contributed by atoms with Gasteiger partial charge in [0, 0.05) is 13.1 Å². The lowest BCUT2D eigenvalue weighted by atomic mass is 10.2. The third-order valence-electron chi connectivity index (χ3n) is 2.90. The van der Waals surface area contributed by atoms with E-state index in [1.807, 2.05) is 11.9 Å². The summed E-state index contributed by atoms with van der Waals surface area (Å²) in [6.45, 7) is 1.75. The highest BCUT2D eigenvalue weighted by Gasteiger charge is 2.29. The Balaban J connectivity index is 1.84. The zero-order valence-electron chi connectivity index (χ0n) is 8.90. The van der Waals surface area contributed by atoms with Gasteiger partial charge in [0.1, 0.15) is 0 Å². The lowest BCUT2D eigenvalue weighted by molar-refractivity contribution is -0.129. The highest BCUT2D eigenvalue weighted by molar-refractivity contribution is 7.07. The number of nitrogens with zero attached hydrogens (tertiary/aromatic N) is 1. The summed E-state index contributed by atoms with van der Waals surface area (Å²) < 4.78 is 0. The van der Waals surface area contributed by atoms with Gasteiger partial charge in [-0.1, -0.05) is 0 Å². The standard InChI is InChI=1S/C11H16N2OS/c1-12-10-3-6-13(11(10)14)5-2-9-4-7-15-8-9/h4,7-8,10,12H,2-3,5-6H2,1H3. The smallest absolute Gasteiger partial charge is 0.239 e. The minimum absolute atomic E-state index is 0.0486. The number of nitrogens with one attached hydrogen (secondary N) is 1. The molecular formula is C11H16N2OS. The van der Waals surface area contributed by atoms with E-state index in [4.69, 9.17) is 0 Å². The molecule has 1 aliphatic rings. The van der Waals surface area contributed by atoms with Gasteiger partial charge in [-0.15, -0.1) is 0 Å². The molecule has 1 aliphatic heterocycles. The molecule has 1 aromatic heterocycles. The summed E-state index contributed by atoms with van der Waals surface area (Å²) in [6.07, 6.45) is 1.92. The second-order valence-electron chi connectivity index (χ2n) is 3.84. The number of likely N-dealkylation sites (N-methyl/N-ethyl adjacent to an activating group) is 1. The van der Waals surface area contributed by atoms with Crippen molar-refractivity contribution in [3.63, 3.8) is 0 Å². The number of carbonyl (C=O) groups is 1. The number of carbonyl (C=O) groups excluding carboxylic acids is 1. The van der Waals surface area contributed by atoms with Gasteiger partial charge in [-0.3, -0.25) is 4.79 Å². The molecular weight excluding hydrogens is 208 g/mol. The molecule has 1 saturated heterocycles. The van der Waals surface area contributed by atoms with Gasteiger partial charge in [-0.05, 0) is 42.3 Å². The van der Waals surface area contributed by atoms with Crippen LogP contribution in [0.1, 0.15) is 12.0 Å². The Hall–Kier alpha value is -0.870. The van der Waals surface area contributed by atoms with Gasteiger partial charge in [0.2, 0.25) is 5.91 Å². The van der Waals surface area contributed by atoms with E-state index >= 15 is 0 Å². The highest BCUT2D eigenvalue weighted by atomic mass is 32.1. The van der Waals surface area contributed by atoms with Gasteiger partial charge in [-0.25, -0.2) is 0 Å². The zero-order valence-corrected chi connectivity index (χ0v) is 9.72. The number of amides is 1. The number of likely N-dealkylation sites (tertiary alicyclic amines) is 1. The van der Waals surface area contributed by atoms with Crippen LogP contribution in [0.15, 0.2) is 16.8 Å². The molecule has 1 atom stereocenters. The molecule has 2 heterocycles. The van der Waals surface area contributed by atoms with E-state index in [1.54, 1.807) is 11.3 Å². The third kappa shape index (κ3) is 2.38. The number of thiophene rings is 1. The molecule has 0 aromatic carbocycles. The fourth-order valence-electron chi connectivity index (χ4n) is 1.93. The van der Waals surface area contributed by atoms with E-state index in [0.717, 1.165) is 25.9 Å². The van der Waals surface area contributed by atoms with Gasteiger partial charge < -0.3 is 10.2 Å². The van der Waals surface area contributed by atoms with Crippen LogP contribution in [0.5, 0.6) is 0 Å². The summed E-state index contributed by atoms with van der Waals surface area (Å²) in [7, 11) is 1.85. The molecule has 1 N–H and O–H groups in total. The maximum atomic E-state index is 11.8. The van der Waals surface area contributed by atoms with E-state index in [-0.39, 0.29) is 11.9 Å². The first-order chi connectivity index (χ1) is 7.31. The SMILES string of the molecule is CNC1CCN(CCc2ccsc2)C1=O. The zero-order chi connectivity index (χ0) is 10.7. The normalized spacial score (nSPS) is 21.3. The molecule has 4 heteroatoms. The first-order valence-corrected chi connectivity index (χ1v) is 6.22. The van der Waals surface area contributed by atoms with E-state index in [9.17, 15) is 4.79 Å². The monoisotopic (exact) mass is 224 g/mol. The van der Waals surface area contributed by atoms with E-state index in [0.29, 0.717) is 0 Å². The molecule has 0 radical (unpaired) electrons. The topological polar surface area (TPSA) is 32.3 Å². The molecule has 2 rings (SSSR count). The van der Waals surface area contributed by atoms with Crippen molar-refractivity contribution < 1.29 is 4.79 Å². The number of rotatable bonds is 4. The second kappa shape index (κ2) is 4.77. The average molecular weight is 224 g/mol. The van der Waals surface area contributed by atoms with Crippen molar-refractivity contribution in [2.24, 2.45) is 0 Å². The molecule has 15 heavy (non-hydrogen) atoms. The van der Waals surface area contributed by atoms with Crippen molar-refractivity contribution in [1.29, 1.82) is 0 Å². The maximum Gasteiger partial charge on any atom is 0.239 e. The average Bonchev–Trinajstić information content (AvgIpc) is 2.85. The summed E-state index contributed by atoms with van der Waals surface area (Å²) >= 11 is 1.71. The van der Waals surface area contributed by atoms with Crippen LogP contribution in [-0.2, 0) is 11.2 Å². The fourth-order valence-corrected chi connectivity index (χ4v) is 2.63. The van der Waals surface area contributed by atoms with Crippen molar-refractivity contribution in [2.45, 2.75) is 18.9 Å². The first kappa shape index (κ1) is 10.6. The molecule has 1 aromatic rings. The third-order valence-corrected chi connectivity index (χ3v) is 3.63. The van der Waals surface area contributed by atoms with Crippen LogP contribution in [0.4, 0.5) is 0 Å². The van der Waals surface area contributed by atoms with Crippen LogP contribution in [0.2, 0.25) is 0 Å². The molecule has 1 unspecified atom stereocenters. The Morgan fingerprint density at radius 2 is 2.53 bits per heavy atom. The molecule has 0 bridgehead atoms. The summed E-state index contributed by atoms with van der Waals surface area (Å²) in [5.41, 5.74) is 1.33. The minimum atomic E-state index is 0.0486. The van der Waals surface area contributed by atoms with E-state index in [2.05, 4.69) is 22.1 Å². The van der Waals surface area contributed by atoms with Gasteiger partial charge in [0.25, 0.3) is 0 Å². The van der Waals surface area contributed by atoms with Crippen molar-refractivity contribution in [3.05, 3.63) is 22.4 Å². The predicted molar refractivity (Wildman–Crippen MR) is 62.1 cm³/mol. The van der Waals surface area contributed by atoms with Gasteiger partial charge in [0.15, 0.2) is 0 Å². The summed E-state index contributed by atoms with van der Waals surface area (Å²) in [5, 5.41) is 7.28. The van der Waals surface area contributed by atoms with Crippen LogP contribution in [-0.4, -0.2) is 37.0 Å². The van der Waals surface area contributed by atoms with Gasteiger partial charge in [-0.2, -0.15) is 11.3 Å². The molecule has 1 amide bonds. The summed E-state index contributed by atoms with van der Waals surface area (Å²) in [6, 6.07) is 2.17. The quantitative estimate of drug-likeness (QED) is 0.831. The summed E-state index contributed by atoms with van der Waals surface area (Å²) in [4.78, 5) is 13.7. The summed E-state index contributed by atoms with van der Waals surface area (Å²) in [5.74, 6) is 0.257. The molecule has 3 nitrogen and oxygen atoms in total. The molecule has 0 aliphatic carbocycles. The lowest BCUT2D eigenvalue weighted by Gasteiger charge is -2.15. The highest BCUT2D eigenvalue weighted by Crippen LogP contribution is 2.13. The molecule has 82 valence electrons. The minimum Gasteiger partial charge on any atom is -0.341 e. The van der Waals surface area contributed by atoms with Crippen molar-refractivity contribution in [1.82, 2.24) is 10.2 Å². The maximum absolute atomic E-state index is 11.8. The Morgan fingerprint density at radius 1 is 1.67 bits per heavy atom. The van der Waals surface area contributed by atoms with Crippen LogP contribution in [0.3, 0.4) is 0 Å². The number of hydrogen-bond donors (Lipinski definition) is 1. The Morgan fingerprint density at radius 3 is 3.13 bits per heavy atom. The molecule has 0 saturated carbocycles. The second-order valence-corrected chi connectivity index (χ2v) is 4.62. The Kier molecular flexibility index (Phi) is 3.38. The van der Waals surface area contributed by atoms with Crippen LogP contribution >= 0.6 is 11.3 Å². The van der Waals surface area contributed by atoms with Crippen LogP contribution in [0, 0.1) is 0 Å². The Bertz CT molecular complexity index is 323. The van der Waals surface area contributed by atoms with Gasteiger partial charge in [0.05, 0.1) is 6.04 Å². The van der Waals surface area contributed by atoms with Crippen LogP contribution < -0.4 is 5.32 Å². The van der Waals surface area contributed by atoms with Crippen LogP contribution in [0.25, 0.3) is 0 Å². The fraction of sp³-hybridized carbons (Fsp3) is 0.545. The largest absolute Gasteiger partial charge is 0.341 e. The first-order valence-electron chi connectivity index (χ1n) is 5.28. The molecule has 1 fully saturated rings. The van der Waals surface area contributed by atoms with Crippen molar-refractivity contribution >= 4 is 17.2 Å². The molecule has 0 spiro atoms. The van der Waals surface area contributed by atoms with Gasteiger partial charge >= 0.3 is 0 Å². The predicted octanol–water partition coefficient (Wildman–Crippen LogP) is 1.11. The Labute approximate surface area is 94.1 Å². The number of hydrogen-bond acceptors (Lipinski definition) is 3.